The quantitative estimate of drug-likeness (QED) is 0.871. The highest BCUT2D eigenvalue weighted by Gasteiger charge is 2.42. The van der Waals surface area contributed by atoms with Crippen LogP contribution in [0.4, 0.5) is 5.69 Å². The first-order chi connectivity index (χ1) is 14.0. The minimum Gasteiger partial charge on any atom is -0.350 e. The number of nitrogens with zero attached hydrogens (tertiary/aromatic N) is 2. The van der Waals surface area contributed by atoms with Gasteiger partial charge in [-0.15, -0.1) is 0 Å². The standard InChI is InChI=1S/C23H25N3O3/c1-15-8-10-17(11-9-15)13-24-20(27)14-26-21-16(2)5-3-6-18(21)22(28)25-12-4-7-19(25)23(26)29/h3,5-6,8-11,19H,4,7,12-14H2,1-2H3,(H,24,27)/t19-/m1/s1. The van der Waals surface area contributed by atoms with E-state index in [1.165, 1.54) is 4.90 Å². The van der Waals surface area contributed by atoms with E-state index in [4.69, 9.17) is 0 Å². The fourth-order valence-electron chi connectivity index (χ4n) is 4.16. The fourth-order valence-corrected chi connectivity index (χ4v) is 4.16. The zero-order valence-corrected chi connectivity index (χ0v) is 16.8. The van der Waals surface area contributed by atoms with E-state index in [0.29, 0.717) is 30.8 Å². The molecule has 0 aromatic heterocycles. The van der Waals surface area contributed by atoms with E-state index in [-0.39, 0.29) is 24.3 Å². The van der Waals surface area contributed by atoms with E-state index >= 15 is 0 Å². The fraction of sp³-hybridized carbons (Fsp3) is 0.348. The molecule has 0 aliphatic carbocycles. The van der Waals surface area contributed by atoms with Gasteiger partial charge in [0, 0.05) is 13.1 Å². The Balaban J connectivity index is 1.58. The van der Waals surface area contributed by atoms with Crippen LogP contribution in [0, 0.1) is 13.8 Å². The van der Waals surface area contributed by atoms with E-state index in [2.05, 4.69) is 5.32 Å². The van der Waals surface area contributed by atoms with Crippen molar-refractivity contribution < 1.29 is 14.4 Å². The summed E-state index contributed by atoms with van der Waals surface area (Å²) in [4.78, 5) is 42.2. The minimum atomic E-state index is -0.487. The third kappa shape index (κ3) is 3.62. The third-order valence-corrected chi connectivity index (χ3v) is 5.71. The predicted molar refractivity (Wildman–Crippen MR) is 111 cm³/mol. The minimum absolute atomic E-state index is 0.0971. The number of para-hydroxylation sites is 1. The normalized spacial score (nSPS) is 18.3. The molecule has 1 fully saturated rings. The van der Waals surface area contributed by atoms with E-state index in [9.17, 15) is 14.4 Å². The molecule has 1 atom stereocenters. The number of carbonyl (C=O) groups is 3. The van der Waals surface area contributed by atoms with Crippen LogP contribution in [0.3, 0.4) is 0 Å². The Bertz CT molecular complexity index is 968. The van der Waals surface area contributed by atoms with Crippen LogP contribution in [-0.2, 0) is 16.1 Å². The summed E-state index contributed by atoms with van der Waals surface area (Å²) in [6, 6.07) is 12.9. The zero-order valence-electron chi connectivity index (χ0n) is 16.8. The van der Waals surface area contributed by atoms with Gasteiger partial charge in [-0.25, -0.2) is 0 Å². The van der Waals surface area contributed by atoms with Crippen LogP contribution in [0.15, 0.2) is 42.5 Å². The van der Waals surface area contributed by atoms with Gasteiger partial charge in [0.2, 0.25) is 11.8 Å². The third-order valence-electron chi connectivity index (χ3n) is 5.71. The van der Waals surface area contributed by atoms with Gasteiger partial charge in [-0.3, -0.25) is 14.4 Å². The summed E-state index contributed by atoms with van der Waals surface area (Å²) in [6.45, 7) is 4.76. The second kappa shape index (κ2) is 7.70. The molecule has 2 aliphatic rings. The van der Waals surface area contributed by atoms with Crippen molar-refractivity contribution >= 4 is 23.4 Å². The van der Waals surface area contributed by atoms with Gasteiger partial charge in [0.15, 0.2) is 0 Å². The number of carbonyl (C=O) groups excluding carboxylic acids is 3. The molecule has 1 saturated heterocycles. The van der Waals surface area contributed by atoms with Crippen LogP contribution >= 0.6 is 0 Å². The van der Waals surface area contributed by atoms with Gasteiger partial charge in [-0.1, -0.05) is 42.0 Å². The molecule has 2 heterocycles. The van der Waals surface area contributed by atoms with Crippen molar-refractivity contribution in [2.45, 2.75) is 39.3 Å². The van der Waals surface area contributed by atoms with E-state index < -0.39 is 6.04 Å². The molecule has 0 radical (unpaired) electrons. The zero-order chi connectivity index (χ0) is 20.5. The number of hydrogen-bond donors (Lipinski definition) is 1. The summed E-state index contributed by atoms with van der Waals surface area (Å²) in [7, 11) is 0. The Morgan fingerprint density at radius 1 is 1.10 bits per heavy atom. The lowest BCUT2D eigenvalue weighted by Gasteiger charge is -2.26. The second-order valence-electron chi connectivity index (χ2n) is 7.81. The Morgan fingerprint density at radius 3 is 2.62 bits per heavy atom. The number of hydrogen-bond acceptors (Lipinski definition) is 3. The molecule has 2 aromatic carbocycles. The van der Waals surface area contributed by atoms with E-state index in [1.54, 1.807) is 11.0 Å². The van der Waals surface area contributed by atoms with Crippen LogP contribution < -0.4 is 10.2 Å². The molecule has 0 saturated carbocycles. The molecule has 150 valence electrons. The number of anilines is 1. The predicted octanol–water partition coefficient (Wildman–Crippen LogP) is 2.57. The monoisotopic (exact) mass is 391 g/mol. The maximum Gasteiger partial charge on any atom is 0.256 e. The highest BCUT2D eigenvalue weighted by Crippen LogP contribution is 2.34. The first-order valence-corrected chi connectivity index (χ1v) is 10.00. The summed E-state index contributed by atoms with van der Waals surface area (Å²) in [5.74, 6) is -0.538. The molecule has 0 unspecified atom stereocenters. The molecule has 6 nitrogen and oxygen atoms in total. The van der Waals surface area contributed by atoms with Crippen LogP contribution in [0.2, 0.25) is 0 Å². The van der Waals surface area contributed by atoms with Crippen molar-refractivity contribution in [3.8, 4) is 0 Å². The van der Waals surface area contributed by atoms with Crippen molar-refractivity contribution in [3.63, 3.8) is 0 Å². The Labute approximate surface area is 170 Å². The second-order valence-corrected chi connectivity index (χ2v) is 7.81. The number of rotatable bonds is 4. The lowest BCUT2D eigenvalue weighted by molar-refractivity contribution is -0.125. The van der Waals surface area contributed by atoms with E-state index in [0.717, 1.165) is 23.1 Å². The highest BCUT2D eigenvalue weighted by molar-refractivity contribution is 6.13. The molecule has 0 bridgehead atoms. The van der Waals surface area contributed by atoms with Crippen molar-refractivity contribution in [3.05, 3.63) is 64.7 Å². The van der Waals surface area contributed by atoms with Crippen LogP contribution in [0.25, 0.3) is 0 Å². The molecule has 0 spiro atoms. The maximum absolute atomic E-state index is 13.3. The lowest BCUT2D eigenvalue weighted by atomic mass is 10.1. The van der Waals surface area contributed by atoms with Crippen LogP contribution in [0.1, 0.15) is 39.9 Å². The molecule has 1 N–H and O–H groups in total. The van der Waals surface area contributed by atoms with Gasteiger partial charge in [-0.2, -0.15) is 0 Å². The van der Waals surface area contributed by atoms with Gasteiger partial charge >= 0.3 is 0 Å². The van der Waals surface area contributed by atoms with Crippen molar-refractivity contribution in [2.24, 2.45) is 0 Å². The summed E-state index contributed by atoms with van der Waals surface area (Å²) in [5.41, 5.74) is 4.03. The van der Waals surface area contributed by atoms with Gasteiger partial charge in [0.05, 0.1) is 11.3 Å². The average Bonchev–Trinajstić information content (AvgIpc) is 3.18. The maximum atomic E-state index is 13.3. The van der Waals surface area contributed by atoms with Crippen molar-refractivity contribution in [1.29, 1.82) is 0 Å². The number of amides is 3. The molecule has 6 heteroatoms. The number of aryl methyl sites for hydroxylation is 2. The van der Waals surface area contributed by atoms with Gasteiger partial charge in [-0.05, 0) is 43.9 Å². The molecule has 4 rings (SSSR count). The lowest BCUT2D eigenvalue weighted by Crippen LogP contribution is -2.48. The summed E-state index contributed by atoms with van der Waals surface area (Å²) < 4.78 is 0. The molecular weight excluding hydrogens is 366 g/mol. The van der Waals surface area contributed by atoms with Crippen molar-refractivity contribution in [1.82, 2.24) is 10.2 Å². The first kappa shape index (κ1) is 19.2. The average molecular weight is 391 g/mol. The topological polar surface area (TPSA) is 69.7 Å². The Hall–Kier alpha value is -3.15. The molecule has 2 aliphatic heterocycles. The molecule has 29 heavy (non-hydrogen) atoms. The van der Waals surface area contributed by atoms with Crippen LogP contribution in [0.5, 0.6) is 0 Å². The van der Waals surface area contributed by atoms with Gasteiger partial charge in [0.1, 0.15) is 12.6 Å². The molecule has 3 amide bonds. The number of fused-ring (bicyclic) bond motifs is 2. The SMILES string of the molecule is Cc1ccc(CNC(=O)CN2C(=O)[C@H]3CCCN3C(=O)c3cccc(C)c32)cc1. The van der Waals surface area contributed by atoms with E-state index in [1.807, 2.05) is 50.2 Å². The summed E-state index contributed by atoms with van der Waals surface area (Å²) in [5, 5.41) is 2.90. The Kier molecular flexibility index (Phi) is 5.09. The van der Waals surface area contributed by atoms with Crippen LogP contribution in [-0.4, -0.2) is 41.8 Å². The van der Waals surface area contributed by atoms with Gasteiger partial charge in [0.25, 0.3) is 5.91 Å². The number of nitrogens with one attached hydrogen (secondary N) is 1. The smallest absolute Gasteiger partial charge is 0.256 e. The Morgan fingerprint density at radius 2 is 1.86 bits per heavy atom. The summed E-state index contributed by atoms with van der Waals surface area (Å²) >= 11 is 0. The highest BCUT2D eigenvalue weighted by atomic mass is 16.2. The first-order valence-electron chi connectivity index (χ1n) is 10.00. The summed E-state index contributed by atoms with van der Waals surface area (Å²) in [6.07, 6.45) is 1.44. The van der Waals surface area contributed by atoms with Gasteiger partial charge < -0.3 is 15.1 Å². The number of benzene rings is 2. The van der Waals surface area contributed by atoms with Crippen molar-refractivity contribution in [2.75, 3.05) is 18.0 Å². The molecular formula is C23H25N3O3. The largest absolute Gasteiger partial charge is 0.350 e. The molecule has 2 aromatic rings.